The van der Waals surface area contributed by atoms with Crippen LogP contribution >= 0.6 is 0 Å². The van der Waals surface area contributed by atoms with Crippen molar-refractivity contribution in [2.24, 2.45) is 0 Å². The lowest BCUT2D eigenvalue weighted by atomic mass is 10.2. The second-order valence-corrected chi connectivity index (χ2v) is 4.14. The number of urea groups is 1. The Morgan fingerprint density at radius 1 is 1.28 bits per heavy atom. The third kappa shape index (κ3) is 4.45. The minimum atomic E-state index is -1.02. The third-order valence-electron chi connectivity index (χ3n) is 2.49. The first-order valence-electron chi connectivity index (χ1n) is 5.90. The van der Waals surface area contributed by atoms with Gasteiger partial charge >= 0.3 is 12.0 Å². The van der Waals surface area contributed by atoms with Gasteiger partial charge in [-0.3, -0.25) is 0 Å². The van der Waals surface area contributed by atoms with E-state index >= 15 is 0 Å². The lowest BCUT2D eigenvalue weighted by molar-refractivity contribution is -0.139. The standard InChI is InChI=1S/C13H18N2O3/c1-3-4-11(12(16)17)15-13(18)14-10-7-5-9(2)6-8-10/h5-8,11H,3-4H2,1-2H3,(H,16,17)(H2,14,15,18)/t11-/m0/s1. The van der Waals surface area contributed by atoms with Gasteiger partial charge in [0.05, 0.1) is 0 Å². The molecule has 0 aliphatic rings. The number of carboxylic acids is 1. The van der Waals surface area contributed by atoms with E-state index in [-0.39, 0.29) is 0 Å². The molecule has 5 nitrogen and oxygen atoms in total. The van der Waals surface area contributed by atoms with Gasteiger partial charge < -0.3 is 15.7 Å². The van der Waals surface area contributed by atoms with Crippen molar-refractivity contribution in [1.29, 1.82) is 0 Å². The fourth-order valence-electron chi connectivity index (χ4n) is 1.51. The third-order valence-corrected chi connectivity index (χ3v) is 2.49. The number of hydrogen-bond acceptors (Lipinski definition) is 2. The molecule has 0 spiro atoms. The Morgan fingerprint density at radius 2 is 1.89 bits per heavy atom. The van der Waals surface area contributed by atoms with Gasteiger partial charge in [-0.1, -0.05) is 31.0 Å². The van der Waals surface area contributed by atoms with Crippen molar-refractivity contribution in [2.45, 2.75) is 32.7 Å². The molecule has 1 rings (SSSR count). The highest BCUT2D eigenvalue weighted by atomic mass is 16.4. The molecule has 0 fully saturated rings. The molecule has 0 bridgehead atoms. The van der Waals surface area contributed by atoms with Crippen LogP contribution in [-0.2, 0) is 4.79 Å². The topological polar surface area (TPSA) is 78.4 Å². The Morgan fingerprint density at radius 3 is 2.39 bits per heavy atom. The largest absolute Gasteiger partial charge is 0.480 e. The van der Waals surface area contributed by atoms with Crippen LogP contribution in [0.1, 0.15) is 25.3 Å². The number of carbonyl (C=O) groups excluding carboxylic acids is 1. The summed E-state index contributed by atoms with van der Waals surface area (Å²) in [5.74, 6) is -1.02. The quantitative estimate of drug-likeness (QED) is 0.750. The fourth-order valence-corrected chi connectivity index (χ4v) is 1.51. The summed E-state index contributed by atoms with van der Waals surface area (Å²) in [5, 5.41) is 13.9. The van der Waals surface area contributed by atoms with Gasteiger partial charge in [0.25, 0.3) is 0 Å². The number of aryl methyl sites for hydroxylation is 1. The molecule has 0 saturated carbocycles. The smallest absolute Gasteiger partial charge is 0.326 e. The first-order chi connectivity index (χ1) is 8.52. The second kappa shape index (κ2) is 6.64. The molecule has 2 amide bonds. The average molecular weight is 250 g/mol. The summed E-state index contributed by atoms with van der Waals surface area (Å²) in [6.07, 6.45) is 1.11. The molecule has 0 heterocycles. The highest BCUT2D eigenvalue weighted by Crippen LogP contribution is 2.08. The minimum Gasteiger partial charge on any atom is -0.480 e. The Hall–Kier alpha value is -2.04. The van der Waals surface area contributed by atoms with Crippen LogP contribution in [0.4, 0.5) is 10.5 Å². The molecule has 0 aliphatic heterocycles. The van der Waals surface area contributed by atoms with Crippen LogP contribution in [0.15, 0.2) is 24.3 Å². The lowest BCUT2D eigenvalue weighted by Crippen LogP contribution is -2.42. The highest BCUT2D eigenvalue weighted by molar-refractivity contribution is 5.92. The molecule has 0 aromatic heterocycles. The van der Waals surface area contributed by atoms with Gasteiger partial charge in [0.15, 0.2) is 0 Å². The van der Waals surface area contributed by atoms with Crippen molar-refractivity contribution in [3.8, 4) is 0 Å². The summed E-state index contributed by atoms with van der Waals surface area (Å²) in [7, 11) is 0. The van der Waals surface area contributed by atoms with Crippen molar-refractivity contribution in [2.75, 3.05) is 5.32 Å². The van der Waals surface area contributed by atoms with Gasteiger partial charge in [-0.25, -0.2) is 9.59 Å². The number of carbonyl (C=O) groups is 2. The molecule has 3 N–H and O–H groups in total. The maximum absolute atomic E-state index is 11.6. The van der Waals surface area contributed by atoms with Crippen LogP contribution in [-0.4, -0.2) is 23.1 Å². The maximum Gasteiger partial charge on any atom is 0.326 e. The van der Waals surface area contributed by atoms with Crippen LogP contribution in [0.3, 0.4) is 0 Å². The lowest BCUT2D eigenvalue weighted by Gasteiger charge is -2.14. The van der Waals surface area contributed by atoms with E-state index < -0.39 is 18.0 Å². The number of hydrogen-bond donors (Lipinski definition) is 3. The molecule has 0 radical (unpaired) electrons. The van der Waals surface area contributed by atoms with E-state index in [9.17, 15) is 9.59 Å². The fraction of sp³-hybridized carbons (Fsp3) is 0.385. The van der Waals surface area contributed by atoms with Gasteiger partial charge in [-0.15, -0.1) is 0 Å². The Kier molecular flexibility index (Phi) is 5.17. The number of aliphatic carboxylic acids is 1. The number of benzene rings is 1. The number of rotatable bonds is 5. The predicted molar refractivity (Wildman–Crippen MR) is 69.7 cm³/mol. The summed E-state index contributed by atoms with van der Waals surface area (Å²) in [5.41, 5.74) is 1.73. The number of anilines is 1. The molecular weight excluding hydrogens is 232 g/mol. The Labute approximate surface area is 106 Å². The van der Waals surface area contributed by atoms with Gasteiger partial charge in [0.1, 0.15) is 6.04 Å². The predicted octanol–water partition coefficient (Wildman–Crippen LogP) is 2.37. The van der Waals surface area contributed by atoms with Gasteiger partial charge in [0, 0.05) is 5.69 Å². The molecule has 1 aromatic rings. The van der Waals surface area contributed by atoms with Gasteiger partial charge in [-0.05, 0) is 25.5 Å². The molecular formula is C13H18N2O3. The minimum absolute atomic E-state index is 0.413. The zero-order valence-electron chi connectivity index (χ0n) is 10.6. The molecule has 0 aliphatic carbocycles. The van der Waals surface area contributed by atoms with E-state index in [2.05, 4.69) is 10.6 Å². The van der Waals surface area contributed by atoms with Crippen molar-refractivity contribution in [1.82, 2.24) is 5.32 Å². The Bertz CT molecular complexity index is 415. The van der Waals surface area contributed by atoms with Gasteiger partial charge in [-0.2, -0.15) is 0 Å². The van der Waals surface area contributed by atoms with Crippen molar-refractivity contribution in [3.63, 3.8) is 0 Å². The van der Waals surface area contributed by atoms with Crippen LogP contribution < -0.4 is 10.6 Å². The summed E-state index contributed by atoms with van der Waals surface area (Å²) >= 11 is 0. The van der Waals surface area contributed by atoms with E-state index in [1.807, 2.05) is 26.0 Å². The second-order valence-electron chi connectivity index (χ2n) is 4.14. The molecule has 0 saturated heterocycles. The number of nitrogens with one attached hydrogen (secondary N) is 2. The maximum atomic E-state index is 11.6. The van der Waals surface area contributed by atoms with E-state index in [0.717, 1.165) is 5.56 Å². The zero-order chi connectivity index (χ0) is 13.5. The van der Waals surface area contributed by atoms with E-state index in [1.54, 1.807) is 12.1 Å². The number of amides is 2. The van der Waals surface area contributed by atoms with Crippen LogP contribution in [0, 0.1) is 6.92 Å². The van der Waals surface area contributed by atoms with Crippen molar-refractivity contribution < 1.29 is 14.7 Å². The highest BCUT2D eigenvalue weighted by Gasteiger charge is 2.18. The van der Waals surface area contributed by atoms with Crippen LogP contribution in [0.5, 0.6) is 0 Å². The van der Waals surface area contributed by atoms with Crippen molar-refractivity contribution in [3.05, 3.63) is 29.8 Å². The van der Waals surface area contributed by atoms with Crippen molar-refractivity contribution >= 4 is 17.7 Å². The van der Waals surface area contributed by atoms with Gasteiger partial charge in [0.2, 0.25) is 0 Å². The first kappa shape index (κ1) is 14.0. The normalized spacial score (nSPS) is 11.7. The molecule has 1 aromatic carbocycles. The van der Waals surface area contributed by atoms with E-state index in [0.29, 0.717) is 18.5 Å². The van der Waals surface area contributed by atoms with E-state index in [1.165, 1.54) is 0 Å². The Balaban J connectivity index is 2.54. The zero-order valence-corrected chi connectivity index (χ0v) is 10.6. The molecule has 1 atom stereocenters. The summed E-state index contributed by atoms with van der Waals surface area (Å²) in [6, 6.07) is 5.93. The molecule has 5 heteroatoms. The summed E-state index contributed by atoms with van der Waals surface area (Å²) in [6.45, 7) is 3.82. The van der Waals surface area contributed by atoms with E-state index in [4.69, 9.17) is 5.11 Å². The molecule has 18 heavy (non-hydrogen) atoms. The number of carboxylic acid groups (broad SMARTS) is 1. The average Bonchev–Trinajstić information content (AvgIpc) is 2.31. The molecule has 98 valence electrons. The summed E-state index contributed by atoms with van der Waals surface area (Å²) in [4.78, 5) is 22.5. The summed E-state index contributed by atoms with van der Waals surface area (Å²) < 4.78 is 0. The monoisotopic (exact) mass is 250 g/mol. The van der Waals surface area contributed by atoms with Crippen LogP contribution in [0.25, 0.3) is 0 Å². The molecule has 0 unspecified atom stereocenters. The van der Waals surface area contributed by atoms with Crippen LogP contribution in [0.2, 0.25) is 0 Å². The first-order valence-corrected chi connectivity index (χ1v) is 5.90. The SMILES string of the molecule is CCC[C@H](NC(=O)Nc1ccc(C)cc1)C(=O)O.